The first kappa shape index (κ1) is 23.8. The largest absolute Gasteiger partial charge is 0.496 e. The van der Waals surface area contributed by atoms with Crippen LogP contribution in [-0.2, 0) is 20.1 Å². The minimum Gasteiger partial charge on any atom is -0.496 e. The normalized spacial score (nSPS) is 11.0. The van der Waals surface area contributed by atoms with Gasteiger partial charge in [0.05, 0.1) is 37.2 Å². The first-order chi connectivity index (χ1) is 16.3. The molecule has 176 valence electrons. The van der Waals surface area contributed by atoms with Crippen LogP contribution in [0.2, 0.25) is 0 Å². The number of nitrogens with zero attached hydrogens (tertiary/aromatic N) is 4. The molecule has 0 aliphatic heterocycles. The summed E-state index contributed by atoms with van der Waals surface area (Å²) >= 11 is 2.87. The lowest BCUT2D eigenvalue weighted by molar-refractivity contribution is 0.0734. The van der Waals surface area contributed by atoms with E-state index < -0.39 is 0 Å². The second-order valence-electron chi connectivity index (χ2n) is 8.00. The van der Waals surface area contributed by atoms with Crippen LogP contribution in [0, 0.1) is 20.8 Å². The number of ether oxygens (including phenoxy) is 1. The predicted octanol–water partition coefficient (Wildman–Crippen LogP) is 4.74. The number of hydrogen-bond donors (Lipinski definition) is 0. The van der Waals surface area contributed by atoms with Gasteiger partial charge in [-0.3, -0.25) is 9.59 Å². The van der Waals surface area contributed by atoms with Crippen molar-refractivity contribution in [1.82, 2.24) is 19.7 Å². The van der Waals surface area contributed by atoms with E-state index in [2.05, 4.69) is 10.1 Å². The van der Waals surface area contributed by atoms with Crippen LogP contribution >= 0.6 is 22.7 Å². The SMILES string of the molecule is COc1ccccc1CN(Cc1cccs1)C(=O)c1sc(-c2c(C)c(C)nn(C)c2=O)nc1C. The molecule has 1 aromatic carbocycles. The zero-order valence-corrected chi connectivity index (χ0v) is 21.4. The lowest BCUT2D eigenvalue weighted by atomic mass is 10.1. The van der Waals surface area contributed by atoms with E-state index in [0.29, 0.717) is 34.2 Å². The number of thiophene rings is 1. The van der Waals surface area contributed by atoms with Crippen molar-refractivity contribution < 1.29 is 9.53 Å². The fourth-order valence-electron chi connectivity index (χ4n) is 3.78. The van der Waals surface area contributed by atoms with E-state index in [9.17, 15) is 9.59 Å². The van der Waals surface area contributed by atoms with Crippen LogP contribution in [0.25, 0.3) is 10.6 Å². The van der Waals surface area contributed by atoms with Gasteiger partial charge in [0.15, 0.2) is 0 Å². The van der Waals surface area contributed by atoms with E-state index in [1.807, 2.05) is 62.5 Å². The summed E-state index contributed by atoms with van der Waals surface area (Å²) in [4.78, 5) is 34.7. The molecular formula is C25H26N4O3S2. The van der Waals surface area contributed by atoms with Gasteiger partial charge in [-0.2, -0.15) is 5.10 Å². The molecule has 3 heterocycles. The van der Waals surface area contributed by atoms with Crippen molar-refractivity contribution >= 4 is 28.6 Å². The highest BCUT2D eigenvalue weighted by Crippen LogP contribution is 2.31. The summed E-state index contributed by atoms with van der Waals surface area (Å²) in [5.41, 5.74) is 3.34. The minimum atomic E-state index is -0.222. The first-order valence-electron chi connectivity index (χ1n) is 10.8. The molecule has 0 saturated heterocycles. The molecule has 0 N–H and O–H groups in total. The van der Waals surface area contributed by atoms with Gasteiger partial charge in [0.1, 0.15) is 15.6 Å². The van der Waals surface area contributed by atoms with Crippen molar-refractivity contribution in [2.45, 2.75) is 33.9 Å². The third kappa shape index (κ3) is 4.67. The standard InChI is InChI=1S/C25H26N4O3S2/c1-15-16(2)27-28(4)24(30)21(15)23-26-17(3)22(34-23)25(31)29(14-19-10-8-12-33-19)13-18-9-6-7-11-20(18)32-5/h6-12H,13-14H2,1-5H3. The van der Waals surface area contributed by atoms with Gasteiger partial charge < -0.3 is 9.64 Å². The Morgan fingerprint density at radius 1 is 1.09 bits per heavy atom. The summed E-state index contributed by atoms with van der Waals surface area (Å²) in [6, 6.07) is 11.7. The Morgan fingerprint density at radius 3 is 2.56 bits per heavy atom. The third-order valence-electron chi connectivity index (χ3n) is 5.70. The maximum absolute atomic E-state index is 13.8. The molecule has 4 rings (SSSR count). The number of para-hydroxylation sites is 1. The minimum absolute atomic E-state index is 0.124. The van der Waals surface area contributed by atoms with Crippen LogP contribution in [0.15, 0.2) is 46.6 Å². The number of hydrogen-bond acceptors (Lipinski definition) is 7. The van der Waals surface area contributed by atoms with Crippen LogP contribution in [-0.4, -0.2) is 32.7 Å². The van der Waals surface area contributed by atoms with Gasteiger partial charge in [-0.25, -0.2) is 9.67 Å². The third-order valence-corrected chi connectivity index (χ3v) is 7.72. The molecule has 7 nitrogen and oxygen atoms in total. The maximum atomic E-state index is 13.8. The number of carbonyl (C=O) groups excluding carboxylic acids is 1. The van der Waals surface area contributed by atoms with Gasteiger partial charge in [0.2, 0.25) is 0 Å². The molecule has 3 aromatic heterocycles. The number of benzene rings is 1. The molecule has 0 saturated carbocycles. The lowest BCUT2D eigenvalue weighted by Crippen LogP contribution is -2.30. The second kappa shape index (κ2) is 9.90. The van der Waals surface area contributed by atoms with E-state index in [1.165, 1.54) is 16.0 Å². The Labute approximate surface area is 206 Å². The number of methoxy groups -OCH3 is 1. The van der Waals surface area contributed by atoms with E-state index in [4.69, 9.17) is 4.74 Å². The fraction of sp³-hybridized carbons (Fsp3) is 0.280. The van der Waals surface area contributed by atoms with Crippen molar-refractivity contribution in [2.75, 3.05) is 7.11 Å². The van der Waals surface area contributed by atoms with Gasteiger partial charge >= 0.3 is 0 Å². The maximum Gasteiger partial charge on any atom is 0.277 e. The molecule has 0 aliphatic rings. The van der Waals surface area contributed by atoms with E-state index >= 15 is 0 Å². The highest BCUT2D eigenvalue weighted by atomic mass is 32.1. The van der Waals surface area contributed by atoms with Crippen LogP contribution in [0.5, 0.6) is 5.75 Å². The Kier molecular flexibility index (Phi) is 6.95. The highest BCUT2D eigenvalue weighted by molar-refractivity contribution is 7.17. The lowest BCUT2D eigenvalue weighted by Gasteiger charge is -2.23. The molecule has 0 fully saturated rings. The number of aromatic nitrogens is 3. The molecule has 1 amide bonds. The molecule has 34 heavy (non-hydrogen) atoms. The van der Waals surface area contributed by atoms with Crippen molar-refractivity contribution in [3.05, 3.63) is 84.4 Å². The summed E-state index contributed by atoms with van der Waals surface area (Å²) in [6.45, 7) is 6.40. The van der Waals surface area contributed by atoms with Crippen LogP contribution in [0.1, 0.15) is 37.1 Å². The van der Waals surface area contributed by atoms with Gasteiger partial charge in [0.25, 0.3) is 11.5 Å². The van der Waals surface area contributed by atoms with Gasteiger partial charge in [0, 0.05) is 17.5 Å². The summed E-state index contributed by atoms with van der Waals surface area (Å²) in [7, 11) is 3.25. The molecule has 0 unspecified atom stereocenters. The van der Waals surface area contributed by atoms with E-state index in [0.717, 1.165) is 27.4 Å². The Morgan fingerprint density at radius 2 is 1.85 bits per heavy atom. The van der Waals surface area contributed by atoms with Gasteiger partial charge in [-0.05, 0) is 43.8 Å². The highest BCUT2D eigenvalue weighted by Gasteiger charge is 2.25. The summed E-state index contributed by atoms with van der Waals surface area (Å²) in [5.74, 6) is 0.611. The number of carbonyl (C=O) groups is 1. The van der Waals surface area contributed by atoms with Crippen LogP contribution in [0.3, 0.4) is 0 Å². The topological polar surface area (TPSA) is 77.3 Å². The quantitative estimate of drug-likeness (QED) is 0.371. The molecule has 0 spiro atoms. The molecule has 9 heteroatoms. The van der Waals surface area contributed by atoms with Gasteiger partial charge in [-0.15, -0.1) is 22.7 Å². The van der Waals surface area contributed by atoms with Crippen molar-refractivity contribution in [3.8, 4) is 16.3 Å². The average molecular weight is 495 g/mol. The monoisotopic (exact) mass is 494 g/mol. The Bertz CT molecular complexity index is 1390. The van der Waals surface area contributed by atoms with Crippen LogP contribution < -0.4 is 10.3 Å². The van der Waals surface area contributed by atoms with Crippen molar-refractivity contribution in [2.24, 2.45) is 7.05 Å². The zero-order valence-electron chi connectivity index (χ0n) is 19.8. The van der Waals surface area contributed by atoms with Crippen LogP contribution in [0.4, 0.5) is 0 Å². The van der Waals surface area contributed by atoms with Crippen molar-refractivity contribution in [3.63, 3.8) is 0 Å². The summed E-state index contributed by atoms with van der Waals surface area (Å²) in [5, 5.41) is 6.79. The number of aryl methyl sites for hydroxylation is 3. The Balaban J connectivity index is 1.74. The Hall–Kier alpha value is -3.30. The molecule has 0 bridgehead atoms. The van der Waals surface area contributed by atoms with E-state index in [-0.39, 0.29) is 11.5 Å². The molecule has 0 atom stereocenters. The van der Waals surface area contributed by atoms with Gasteiger partial charge in [-0.1, -0.05) is 24.3 Å². The molecule has 0 radical (unpaired) electrons. The zero-order chi connectivity index (χ0) is 24.4. The first-order valence-corrected chi connectivity index (χ1v) is 12.5. The smallest absolute Gasteiger partial charge is 0.277 e. The van der Waals surface area contributed by atoms with E-state index in [1.54, 1.807) is 30.4 Å². The molecular weight excluding hydrogens is 468 g/mol. The number of amides is 1. The van der Waals surface area contributed by atoms with Crippen molar-refractivity contribution in [1.29, 1.82) is 0 Å². The fourth-order valence-corrected chi connectivity index (χ4v) is 5.62. The average Bonchev–Trinajstić information content (AvgIpc) is 3.47. The molecule has 0 aliphatic carbocycles. The molecule has 4 aromatic rings. The summed E-state index contributed by atoms with van der Waals surface area (Å²) < 4.78 is 6.83. The predicted molar refractivity (Wildman–Crippen MR) is 136 cm³/mol. The summed E-state index contributed by atoms with van der Waals surface area (Å²) in [6.07, 6.45) is 0. The number of rotatable bonds is 7. The number of thiazole rings is 1. The second-order valence-corrected chi connectivity index (χ2v) is 10.0.